The van der Waals surface area contributed by atoms with Crippen LogP contribution in [-0.4, -0.2) is 0 Å². The van der Waals surface area contributed by atoms with Crippen LogP contribution in [0.4, 0.5) is 0 Å². The third kappa shape index (κ3) is 0.827. The lowest BCUT2D eigenvalue weighted by molar-refractivity contribution is 0.592. The molecule has 0 saturated carbocycles. The van der Waals surface area contributed by atoms with E-state index in [1.807, 2.05) is 0 Å². The summed E-state index contributed by atoms with van der Waals surface area (Å²) in [5, 5.41) is 0. The monoisotopic (exact) mass is 120 g/mol. The third-order valence-corrected chi connectivity index (χ3v) is 2.39. The van der Waals surface area contributed by atoms with E-state index in [4.69, 9.17) is 0 Å². The van der Waals surface area contributed by atoms with Crippen molar-refractivity contribution >= 4 is 0 Å². The zero-order chi connectivity index (χ0) is 6.10. The molecular weight excluding hydrogens is 108 g/mol. The van der Waals surface area contributed by atoms with Crippen molar-refractivity contribution in [2.45, 2.75) is 25.7 Å². The van der Waals surface area contributed by atoms with Crippen molar-refractivity contribution in [2.24, 2.45) is 5.92 Å². The Morgan fingerprint density at radius 2 is 2.33 bits per heavy atom. The summed E-state index contributed by atoms with van der Waals surface area (Å²) >= 11 is 0. The molecule has 0 aromatic rings. The maximum atomic E-state index is 2.42. The molecule has 1 atom stereocenters. The van der Waals surface area contributed by atoms with Crippen molar-refractivity contribution in [1.29, 1.82) is 0 Å². The summed E-state index contributed by atoms with van der Waals surface area (Å²) in [5.41, 5.74) is 1.71. The Morgan fingerprint density at radius 1 is 1.33 bits per heavy atom. The summed E-state index contributed by atoms with van der Waals surface area (Å²) in [7, 11) is 0. The van der Waals surface area contributed by atoms with Crippen LogP contribution in [0.1, 0.15) is 25.7 Å². The molecule has 0 fully saturated rings. The van der Waals surface area contributed by atoms with Gasteiger partial charge in [-0.15, -0.1) is 0 Å². The van der Waals surface area contributed by atoms with Gasteiger partial charge in [-0.05, 0) is 31.6 Å². The van der Waals surface area contributed by atoms with Crippen molar-refractivity contribution in [2.75, 3.05) is 0 Å². The van der Waals surface area contributed by atoms with Crippen LogP contribution in [0.5, 0.6) is 0 Å². The quantitative estimate of drug-likeness (QED) is 0.431. The lowest BCUT2D eigenvalue weighted by atomic mass is 9.91. The number of hydrogen-bond donors (Lipinski definition) is 0. The Morgan fingerprint density at radius 3 is 3.22 bits per heavy atom. The molecule has 0 heterocycles. The molecule has 0 aliphatic heterocycles. The van der Waals surface area contributed by atoms with Gasteiger partial charge in [0.05, 0.1) is 0 Å². The summed E-state index contributed by atoms with van der Waals surface area (Å²) in [6, 6.07) is 0. The van der Waals surface area contributed by atoms with Crippen molar-refractivity contribution < 1.29 is 0 Å². The van der Waals surface area contributed by atoms with Crippen LogP contribution in [0.25, 0.3) is 0 Å². The summed E-state index contributed by atoms with van der Waals surface area (Å²) in [6.45, 7) is 0. The first-order valence-electron chi connectivity index (χ1n) is 3.81. The molecule has 0 saturated heterocycles. The fraction of sp³-hybridized carbons (Fsp3) is 0.556. The van der Waals surface area contributed by atoms with E-state index in [0.717, 1.165) is 5.92 Å². The molecule has 0 spiro atoms. The second-order valence-corrected chi connectivity index (χ2v) is 2.96. The second-order valence-electron chi connectivity index (χ2n) is 2.96. The molecule has 0 N–H and O–H groups in total. The zero-order valence-electron chi connectivity index (χ0n) is 5.64. The first kappa shape index (κ1) is 5.28. The van der Waals surface area contributed by atoms with Crippen LogP contribution in [0.3, 0.4) is 0 Å². The predicted molar refractivity (Wildman–Crippen MR) is 39.2 cm³/mol. The molecule has 0 aromatic heterocycles. The van der Waals surface area contributed by atoms with Crippen LogP contribution in [0.2, 0.25) is 0 Å². The zero-order valence-corrected chi connectivity index (χ0v) is 5.64. The average Bonchev–Trinajstić information content (AvgIpc) is 2.33. The first-order valence-corrected chi connectivity index (χ1v) is 3.81. The highest BCUT2D eigenvalue weighted by Crippen LogP contribution is 2.33. The van der Waals surface area contributed by atoms with Gasteiger partial charge in [0, 0.05) is 0 Å². The molecule has 1 unspecified atom stereocenters. The minimum atomic E-state index is 0.940. The van der Waals surface area contributed by atoms with E-state index in [9.17, 15) is 0 Å². The SMILES string of the molecule is C1=CCC2CCC=C2C1. The van der Waals surface area contributed by atoms with Crippen molar-refractivity contribution in [3.63, 3.8) is 0 Å². The van der Waals surface area contributed by atoms with E-state index >= 15 is 0 Å². The second kappa shape index (κ2) is 2.02. The molecule has 0 amide bonds. The van der Waals surface area contributed by atoms with Gasteiger partial charge < -0.3 is 0 Å². The standard InChI is InChI=1S/C9H12/c1-2-5-9-7-3-6-8(9)4-1/h1-2,6,9H,3-5,7H2. The Labute approximate surface area is 56.3 Å². The fourth-order valence-corrected chi connectivity index (χ4v) is 1.82. The van der Waals surface area contributed by atoms with E-state index in [2.05, 4.69) is 18.2 Å². The van der Waals surface area contributed by atoms with Gasteiger partial charge in [0.2, 0.25) is 0 Å². The molecule has 0 heteroatoms. The van der Waals surface area contributed by atoms with E-state index in [0.29, 0.717) is 0 Å². The molecule has 48 valence electrons. The van der Waals surface area contributed by atoms with E-state index < -0.39 is 0 Å². The fourth-order valence-electron chi connectivity index (χ4n) is 1.82. The normalized spacial score (nSPS) is 32.0. The van der Waals surface area contributed by atoms with E-state index in [-0.39, 0.29) is 0 Å². The Hall–Kier alpha value is -0.520. The number of allylic oxidation sites excluding steroid dienone is 4. The minimum absolute atomic E-state index is 0.940. The van der Waals surface area contributed by atoms with Gasteiger partial charge in [0.1, 0.15) is 0 Å². The maximum Gasteiger partial charge on any atom is -0.0136 e. The summed E-state index contributed by atoms with van der Waals surface area (Å²) < 4.78 is 0. The first-order chi connectivity index (χ1) is 4.47. The average molecular weight is 120 g/mol. The summed E-state index contributed by atoms with van der Waals surface area (Å²) in [6.07, 6.45) is 12.4. The highest BCUT2D eigenvalue weighted by Gasteiger charge is 2.18. The lowest BCUT2D eigenvalue weighted by Gasteiger charge is -2.14. The number of hydrogen-bond acceptors (Lipinski definition) is 0. The van der Waals surface area contributed by atoms with E-state index in [1.54, 1.807) is 5.57 Å². The van der Waals surface area contributed by atoms with Crippen LogP contribution >= 0.6 is 0 Å². The summed E-state index contributed by atoms with van der Waals surface area (Å²) in [4.78, 5) is 0. The van der Waals surface area contributed by atoms with Gasteiger partial charge in [-0.3, -0.25) is 0 Å². The molecule has 2 aliphatic rings. The molecule has 0 nitrogen and oxygen atoms in total. The van der Waals surface area contributed by atoms with Gasteiger partial charge in [-0.2, -0.15) is 0 Å². The topological polar surface area (TPSA) is 0 Å². The third-order valence-electron chi connectivity index (χ3n) is 2.39. The van der Waals surface area contributed by atoms with Gasteiger partial charge in [-0.25, -0.2) is 0 Å². The molecule has 2 aliphatic carbocycles. The number of rotatable bonds is 0. The van der Waals surface area contributed by atoms with Gasteiger partial charge in [0.25, 0.3) is 0 Å². The molecule has 0 bridgehead atoms. The highest BCUT2D eigenvalue weighted by atomic mass is 14.2. The van der Waals surface area contributed by atoms with E-state index in [1.165, 1.54) is 25.7 Å². The lowest BCUT2D eigenvalue weighted by Crippen LogP contribution is -2.00. The van der Waals surface area contributed by atoms with Crippen LogP contribution in [0, 0.1) is 5.92 Å². The molecule has 9 heavy (non-hydrogen) atoms. The van der Waals surface area contributed by atoms with Gasteiger partial charge in [-0.1, -0.05) is 23.8 Å². The van der Waals surface area contributed by atoms with Crippen LogP contribution in [0.15, 0.2) is 23.8 Å². The van der Waals surface area contributed by atoms with Crippen LogP contribution < -0.4 is 0 Å². The largest absolute Gasteiger partial charge is 0.0876 e. The highest BCUT2D eigenvalue weighted by molar-refractivity contribution is 5.20. The van der Waals surface area contributed by atoms with Crippen molar-refractivity contribution in [3.8, 4) is 0 Å². The maximum absolute atomic E-state index is 2.42. The Bertz CT molecular complexity index is 163. The minimum Gasteiger partial charge on any atom is -0.0876 e. The molecule has 2 rings (SSSR count). The molecular formula is C9H12. The molecule has 0 aromatic carbocycles. The van der Waals surface area contributed by atoms with Crippen molar-refractivity contribution in [3.05, 3.63) is 23.8 Å². The van der Waals surface area contributed by atoms with Crippen LogP contribution in [-0.2, 0) is 0 Å². The summed E-state index contributed by atoms with van der Waals surface area (Å²) in [5.74, 6) is 0.940. The number of fused-ring (bicyclic) bond motifs is 1. The Balaban J connectivity index is 2.20. The van der Waals surface area contributed by atoms with Gasteiger partial charge in [0.15, 0.2) is 0 Å². The predicted octanol–water partition coefficient (Wildman–Crippen LogP) is 2.67. The Kier molecular flexibility index (Phi) is 1.18. The van der Waals surface area contributed by atoms with Gasteiger partial charge >= 0.3 is 0 Å². The van der Waals surface area contributed by atoms with Crippen molar-refractivity contribution in [1.82, 2.24) is 0 Å². The molecule has 0 radical (unpaired) electrons. The smallest absolute Gasteiger partial charge is 0.0136 e.